The van der Waals surface area contributed by atoms with Crippen molar-refractivity contribution in [2.45, 2.75) is 51.5 Å². The van der Waals surface area contributed by atoms with E-state index in [1.54, 1.807) is 0 Å². The van der Waals surface area contributed by atoms with Crippen molar-refractivity contribution in [2.24, 2.45) is 0 Å². The minimum absolute atomic E-state index is 0.121. The van der Waals surface area contributed by atoms with Gasteiger partial charge in [0.25, 0.3) is 5.91 Å². The number of hydrogen-bond acceptors (Lipinski definition) is 4. The molecule has 1 aromatic heterocycles. The van der Waals surface area contributed by atoms with Crippen LogP contribution in [0.1, 0.15) is 64.2 Å². The third-order valence-electron chi connectivity index (χ3n) is 6.29. The van der Waals surface area contributed by atoms with E-state index in [2.05, 4.69) is 26.6 Å². The van der Waals surface area contributed by atoms with E-state index in [4.69, 9.17) is 12.2 Å². The predicted octanol–water partition coefficient (Wildman–Crippen LogP) is 5.03. The number of fused-ring (bicyclic) bond motifs is 1. The minimum atomic E-state index is -4.54. The molecule has 0 aliphatic carbocycles. The van der Waals surface area contributed by atoms with E-state index >= 15 is 0 Å². The zero-order valence-electron chi connectivity index (χ0n) is 20.0. The Balaban J connectivity index is 1.46. The summed E-state index contributed by atoms with van der Waals surface area (Å²) in [6.07, 6.45) is -4.78. The van der Waals surface area contributed by atoms with Gasteiger partial charge in [0.1, 0.15) is 5.82 Å². The standard InChI is InChI=1S/C25H27F3N6OS/c1-14-9-10-18(11-15(14)2)19-12-21(25(26,27)28)34-22(30-19)13-20(33-34)23(35)31-32-24(36)29-16(3)17-7-5-4-6-8-17/h4-11,13,16,19,21,30H,12H2,1-3H3,(H,31,35)(H2,29,32,36)/t16-,19+,21-/m0/s1. The Hall–Kier alpha value is -3.60. The van der Waals surface area contributed by atoms with E-state index in [9.17, 15) is 18.0 Å². The fourth-order valence-corrected chi connectivity index (χ4v) is 4.35. The molecule has 0 spiro atoms. The lowest BCUT2D eigenvalue weighted by Crippen LogP contribution is -2.47. The second-order valence-corrected chi connectivity index (χ2v) is 9.29. The fourth-order valence-electron chi connectivity index (χ4n) is 4.12. The largest absolute Gasteiger partial charge is 0.410 e. The molecule has 0 fully saturated rings. The average Bonchev–Trinajstić information content (AvgIpc) is 3.28. The van der Waals surface area contributed by atoms with Crippen LogP contribution in [0.3, 0.4) is 0 Å². The Labute approximate surface area is 212 Å². The maximum atomic E-state index is 14.0. The summed E-state index contributed by atoms with van der Waals surface area (Å²) in [6, 6.07) is 13.9. The molecule has 4 N–H and O–H groups in total. The van der Waals surface area contributed by atoms with Crippen LogP contribution in [-0.4, -0.2) is 27.0 Å². The Morgan fingerprint density at radius 1 is 1.11 bits per heavy atom. The highest BCUT2D eigenvalue weighted by Gasteiger charge is 2.46. The number of nitrogens with one attached hydrogen (secondary N) is 4. The maximum absolute atomic E-state index is 14.0. The summed E-state index contributed by atoms with van der Waals surface area (Å²) in [6.45, 7) is 5.77. The molecule has 36 heavy (non-hydrogen) atoms. The van der Waals surface area contributed by atoms with Gasteiger partial charge >= 0.3 is 6.18 Å². The molecule has 190 valence electrons. The van der Waals surface area contributed by atoms with Crippen LogP contribution in [0.2, 0.25) is 0 Å². The summed E-state index contributed by atoms with van der Waals surface area (Å²) in [7, 11) is 0. The number of aromatic nitrogens is 2. The first-order valence-corrected chi connectivity index (χ1v) is 11.9. The lowest BCUT2D eigenvalue weighted by atomic mass is 9.94. The van der Waals surface area contributed by atoms with Crippen LogP contribution in [0.15, 0.2) is 54.6 Å². The number of hydrogen-bond donors (Lipinski definition) is 4. The lowest BCUT2D eigenvalue weighted by Gasteiger charge is -2.33. The number of carbonyl (C=O) groups is 1. The van der Waals surface area contributed by atoms with Crippen LogP contribution in [-0.2, 0) is 0 Å². The van der Waals surface area contributed by atoms with Gasteiger partial charge in [-0.25, -0.2) is 4.68 Å². The molecule has 0 saturated heterocycles. The molecular formula is C25H27F3N6OS. The molecule has 3 aromatic rings. The zero-order valence-corrected chi connectivity index (χ0v) is 20.8. The third kappa shape index (κ3) is 5.62. The van der Waals surface area contributed by atoms with Crippen molar-refractivity contribution in [3.8, 4) is 0 Å². The molecule has 2 aromatic carbocycles. The van der Waals surface area contributed by atoms with E-state index < -0.39 is 24.2 Å². The van der Waals surface area contributed by atoms with Crippen LogP contribution in [0.4, 0.5) is 19.0 Å². The Morgan fingerprint density at radius 2 is 1.83 bits per heavy atom. The molecule has 0 unspecified atom stereocenters. The SMILES string of the molecule is Cc1ccc([C@H]2C[C@@H](C(F)(F)F)n3nc(C(=O)NNC(=S)N[C@@H](C)c4ccccc4)cc3N2)cc1C. The summed E-state index contributed by atoms with van der Waals surface area (Å²) < 4.78 is 42.7. The quantitative estimate of drug-likeness (QED) is 0.288. The van der Waals surface area contributed by atoms with Crippen LogP contribution >= 0.6 is 12.2 Å². The van der Waals surface area contributed by atoms with Crippen molar-refractivity contribution in [2.75, 3.05) is 5.32 Å². The van der Waals surface area contributed by atoms with Crippen molar-refractivity contribution in [3.63, 3.8) is 0 Å². The highest BCUT2D eigenvalue weighted by molar-refractivity contribution is 7.80. The highest BCUT2D eigenvalue weighted by atomic mass is 32.1. The van der Waals surface area contributed by atoms with E-state index in [0.29, 0.717) is 0 Å². The van der Waals surface area contributed by atoms with Crippen LogP contribution in [0, 0.1) is 13.8 Å². The molecule has 0 bridgehead atoms. The number of hydrazine groups is 1. The monoisotopic (exact) mass is 516 g/mol. The Morgan fingerprint density at radius 3 is 2.50 bits per heavy atom. The average molecular weight is 517 g/mol. The number of amides is 1. The number of carbonyl (C=O) groups excluding carboxylic acids is 1. The van der Waals surface area contributed by atoms with Crippen LogP contribution in [0.5, 0.6) is 0 Å². The lowest BCUT2D eigenvalue weighted by molar-refractivity contribution is -0.173. The number of thiocarbonyl (C=S) groups is 1. The number of aryl methyl sites for hydroxylation is 2. The normalized spacial score (nSPS) is 17.9. The molecule has 1 aliphatic rings. The van der Waals surface area contributed by atoms with Crippen molar-refractivity contribution in [1.29, 1.82) is 0 Å². The predicted molar refractivity (Wildman–Crippen MR) is 135 cm³/mol. The van der Waals surface area contributed by atoms with Gasteiger partial charge in [0.05, 0.1) is 12.1 Å². The van der Waals surface area contributed by atoms with Gasteiger partial charge in [0.15, 0.2) is 16.8 Å². The molecule has 0 radical (unpaired) electrons. The Kier molecular flexibility index (Phi) is 7.21. The summed E-state index contributed by atoms with van der Waals surface area (Å²) >= 11 is 5.22. The first-order valence-electron chi connectivity index (χ1n) is 11.4. The van der Waals surface area contributed by atoms with E-state index in [-0.39, 0.29) is 29.1 Å². The highest BCUT2D eigenvalue weighted by Crippen LogP contribution is 2.43. The molecule has 0 saturated carbocycles. The van der Waals surface area contributed by atoms with Crippen LogP contribution < -0.4 is 21.5 Å². The van der Waals surface area contributed by atoms with Gasteiger partial charge < -0.3 is 10.6 Å². The van der Waals surface area contributed by atoms with Gasteiger partial charge in [-0.05, 0) is 55.2 Å². The number of halogens is 3. The Bertz CT molecular complexity index is 1260. The molecule has 4 rings (SSSR count). The first-order chi connectivity index (χ1) is 17.0. The third-order valence-corrected chi connectivity index (χ3v) is 6.51. The number of nitrogens with zero attached hydrogens (tertiary/aromatic N) is 2. The zero-order chi connectivity index (χ0) is 26.0. The second kappa shape index (κ2) is 10.2. The number of anilines is 1. The van der Waals surface area contributed by atoms with Gasteiger partial charge in [-0.15, -0.1) is 0 Å². The van der Waals surface area contributed by atoms with Crippen molar-refractivity contribution < 1.29 is 18.0 Å². The molecule has 11 heteroatoms. The van der Waals surface area contributed by atoms with Crippen molar-refractivity contribution >= 4 is 29.1 Å². The minimum Gasteiger partial charge on any atom is -0.363 e. The fraction of sp³-hybridized carbons (Fsp3) is 0.320. The van der Waals surface area contributed by atoms with E-state index in [1.165, 1.54) is 6.07 Å². The second-order valence-electron chi connectivity index (χ2n) is 8.88. The summed E-state index contributed by atoms with van der Waals surface area (Å²) in [5, 5.41) is 10.3. The van der Waals surface area contributed by atoms with Crippen molar-refractivity contribution in [3.05, 3.63) is 82.5 Å². The van der Waals surface area contributed by atoms with Gasteiger partial charge in [0, 0.05) is 12.5 Å². The molecule has 3 atom stereocenters. The summed E-state index contributed by atoms with van der Waals surface area (Å²) in [5.41, 5.74) is 8.61. The van der Waals surface area contributed by atoms with Gasteiger partial charge in [0.2, 0.25) is 0 Å². The number of rotatable bonds is 4. The van der Waals surface area contributed by atoms with Crippen LogP contribution in [0.25, 0.3) is 0 Å². The van der Waals surface area contributed by atoms with E-state index in [0.717, 1.165) is 26.9 Å². The first kappa shape index (κ1) is 25.5. The van der Waals surface area contributed by atoms with Gasteiger partial charge in [-0.2, -0.15) is 18.3 Å². The van der Waals surface area contributed by atoms with E-state index in [1.807, 2.05) is 69.3 Å². The molecule has 7 nitrogen and oxygen atoms in total. The van der Waals surface area contributed by atoms with Crippen molar-refractivity contribution in [1.82, 2.24) is 25.9 Å². The molecule has 2 heterocycles. The van der Waals surface area contributed by atoms with Gasteiger partial charge in [-0.3, -0.25) is 15.6 Å². The topological polar surface area (TPSA) is 83.0 Å². The molecule has 1 aliphatic heterocycles. The maximum Gasteiger partial charge on any atom is 0.410 e. The smallest absolute Gasteiger partial charge is 0.363 e. The number of benzene rings is 2. The van der Waals surface area contributed by atoms with Gasteiger partial charge in [-0.1, -0.05) is 48.5 Å². The summed E-state index contributed by atoms with van der Waals surface area (Å²) in [4.78, 5) is 12.7. The summed E-state index contributed by atoms with van der Waals surface area (Å²) in [5.74, 6) is -0.589. The molecule has 1 amide bonds. The number of alkyl halides is 3. The molecular weight excluding hydrogens is 489 g/mol.